The number of hydrogen-bond donors (Lipinski definition) is 1. The molecule has 2 aliphatic heterocycles. The molecule has 7 nitrogen and oxygen atoms in total. The number of fused-ring (bicyclic) bond motifs is 1. The van der Waals surface area contributed by atoms with Crippen molar-refractivity contribution < 1.29 is 14.3 Å². The molecule has 33 heavy (non-hydrogen) atoms. The highest BCUT2D eigenvalue weighted by atomic mass is 32.2. The van der Waals surface area contributed by atoms with Crippen molar-refractivity contribution in [2.75, 3.05) is 23.9 Å². The second-order valence-corrected chi connectivity index (χ2v) is 9.55. The predicted octanol–water partition coefficient (Wildman–Crippen LogP) is 4.24. The summed E-state index contributed by atoms with van der Waals surface area (Å²) in [6.07, 6.45) is 0.187. The van der Waals surface area contributed by atoms with Gasteiger partial charge in [0, 0.05) is 35.7 Å². The van der Waals surface area contributed by atoms with Gasteiger partial charge in [-0.3, -0.25) is 9.59 Å². The van der Waals surface area contributed by atoms with E-state index >= 15 is 0 Å². The van der Waals surface area contributed by atoms with Crippen molar-refractivity contribution >= 4 is 35.1 Å². The molecule has 2 amide bonds. The van der Waals surface area contributed by atoms with Crippen molar-refractivity contribution in [1.82, 2.24) is 9.78 Å². The van der Waals surface area contributed by atoms with Gasteiger partial charge in [-0.2, -0.15) is 16.9 Å². The molecule has 0 aliphatic carbocycles. The molecular weight excluding hydrogens is 436 g/mol. The normalized spacial score (nSPS) is 17.4. The van der Waals surface area contributed by atoms with Crippen molar-refractivity contribution in [1.29, 1.82) is 0 Å². The summed E-state index contributed by atoms with van der Waals surface area (Å²) < 4.78 is 7.05. The third-order valence-corrected chi connectivity index (χ3v) is 7.22. The number of amides is 2. The molecule has 1 aromatic heterocycles. The molecule has 0 radical (unpaired) electrons. The Morgan fingerprint density at radius 1 is 1.15 bits per heavy atom. The smallest absolute Gasteiger partial charge is 0.230 e. The fourth-order valence-corrected chi connectivity index (χ4v) is 5.51. The molecule has 2 aromatic carbocycles. The first-order valence-electron chi connectivity index (χ1n) is 11.0. The Morgan fingerprint density at radius 3 is 2.67 bits per heavy atom. The van der Waals surface area contributed by atoms with Gasteiger partial charge in [-0.25, -0.2) is 4.68 Å². The Bertz CT molecular complexity index is 1240. The van der Waals surface area contributed by atoms with Gasteiger partial charge >= 0.3 is 0 Å². The first-order valence-corrected chi connectivity index (χ1v) is 12.1. The van der Waals surface area contributed by atoms with Crippen LogP contribution in [0.4, 0.5) is 11.5 Å². The minimum atomic E-state index is -0.424. The second-order valence-electron chi connectivity index (χ2n) is 8.56. The van der Waals surface area contributed by atoms with E-state index in [1.807, 2.05) is 35.0 Å². The maximum atomic E-state index is 13.3. The van der Waals surface area contributed by atoms with E-state index in [-0.39, 0.29) is 18.2 Å². The molecule has 0 spiro atoms. The van der Waals surface area contributed by atoms with Crippen LogP contribution in [0.1, 0.15) is 28.8 Å². The van der Waals surface area contributed by atoms with Crippen molar-refractivity contribution in [3.8, 4) is 11.4 Å². The molecule has 1 saturated heterocycles. The zero-order valence-electron chi connectivity index (χ0n) is 18.9. The summed E-state index contributed by atoms with van der Waals surface area (Å²) in [5.74, 6) is 2.48. The zero-order valence-corrected chi connectivity index (χ0v) is 19.7. The van der Waals surface area contributed by atoms with Crippen LogP contribution in [0.3, 0.4) is 0 Å². The highest BCUT2D eigenvalue weighted by Gasteiger charge is 2.36. The Morgan fingerprint density at radius 2 is 1.94 bits per heavy atom. The van der Waals surface area contributed by atoms with Crippen LogP contribution >= 0.6 is 11.8 Å². The Labute approximate surface area is 197 Å². The Hall–Kier alpha value is -3.26. The molecule has 2 aliphatic rings. The molecule has 1 unspecified atom stereocenters. The molecule has 8 heteroatoms. The lowest BCUT2D eigenvalue weighted by Crippen LogP contribution is -2.29. The van der Waals surface area contributed by atoms with E-state index in [2.05, 4.69) is 31.3 Å². The number of ether oxygens (including phenoxy) is 1. The minimum Gasteiger partial charge on any atom is -0.497 e. The number of carbonyl (C=O) groups excluding carboxylic acids is 2. The lowest BCUT2D eigenvalue weighted by atomic mass is 10.1. The van der Waals surface area contributed by atoms with E-state index in [0.717, 1.165) is 51.3 Å². The molecule has 5 rings (SSSR count). The molecular formula is C25H26N4O3S. The van der Waals surface area contributed by atoms with Crippen molar-refractivity contribution in [3.05, 3.63) is 64.8 Å². The van der Waals surface area contributed by atoms with Crippen molar-refractivity contribution in [2.45, 2.75) is 31.8 Å². The van der Waals surface area contributed by atoms with Crippen LogP contribution in [-0.2, 0) is 21.1 Å². The third-order valence-electron chi connectivity index (χ3n) is 6.25. The number of aryl methyl sites for hydroxylation is 2. The number of aromatic nitrogens is 2. The minimum absolute atomic E-state index is 0.0519. The topological polar surface area (TPSA) is 76.5 Å². The van der Waals surface area contributed by atoms with E-state index in [1.165, 1.54) is 5.56 Å². The molecule has 0 bridgehead atoms. The van der Waals surface area contributed by atoms with Crippen LogP contribution < -0.4 is 15.0 Å². The van der Waals surface area contributed by atoms with E-state index < -0.39 is 5.92 Å². The van der Waals surface area contributed by atoms with Gasteiger partial charge in [-0.1, -0.05) is 17.7 Å². The SMILES string of the molecule is COc1ccc(N2CC(C(=O)Nc3c4c(nn3-c3ccc(C)cc3C)CSC4)CC2=O)cc1. The summed E-state index contributed by atoms with van der Waals surface area (Å²) in [7, 11) is 1.61. The summed E-state index contributed by atoms with van der Waals surface area (Å²) >= 11 is 1.79. The van der Waals surface area contributed by atoms with Crippen LogP contribution in [0.5, 0.6) is 5.75 Å². The maximum absolute atomic E-state index is 13.3. The van der Waals surface area contributed by atoms with E-state index in [1.54, 1.807) is 23.8 Å². The van der Waals surface area contributed by atoms with E-state index in [4.69, 9.17) is 9.84 Å². The van der Waals surface area contributed by atoms with Gasteiger partial charge in [0.25, 0.3) is 0 Å². The number of nitrogens with zero attached hydrogens (tertiary/aromatic N) is 3. The summed E-state index contributed by atoms with van der Waals surface area (Å²) in [5, 5.41) is 7.95. The van der Waals surface area contributed by atoms with E-state index in [0.29, 0.717) is 6.54 Å². The molecule has 3 aromatic rings. The molecule has 1 fully saturated rings. The highest BCUT2D eigenvalue weighted by Crippen LogP contribution is 2.37. The standard InChI is InChI=1S/C25H26N4O3S/c1-15-4-9-22(16(2)10-15)29-24(20-13-33-14-21(20)27-29)26-25(31)17-11-23(30)28(12-17)18-5-7-19(32-3)8-6-18/h4-10,17H,11-14H2,1-3H3,(H,26,31). The number of thioether (sulfide) groups is 1. The number of methoxy groups -OCH3 is 1. The fourth-order valence-electron chi connectivity index (χ4n) is 4.47. The average molecular weight is 463 g/mol. The highest BCUT2D eigenvalue weighted by molar-refractivity contribution is 7.98. The summed E-state index contributed by atoms with van der Waals surface area (Å²) in [6, 6.07) is 13.5. The summed E-state index contributed by atoms with van der Waals surface area (Å²) in [5.41, 5.74) is 6.09. The van der Waals surface area contributed by atoms with Gasteiger partial charge in [-0.15, -0.1) is 0 Å². The van der Waals surface area contributed by atoms with Gasteiger partial charge in [0.05, 0.1) is 24.4 Å². The molecule has 0 saturated carbocycles. The molecule has 1 N–H and O–H groups in total. The van der Waals surface area contributed by atoms with Crippen LogP contribution in [0.25, 0.3) is 5.69 Å². The molecule has 3 heterocycles. The van der Waals surface area contributed by atoms with Gasteiger partial charge in [-0.05, 0) is 49.7 Å². The molecule has 1 atom stereocenters. The van der Waals surface area contributed by atoms with Gasteiger partial charge in [0.1, 0.15) is 11.6 Å². The summed E-state index contributed by atoms with van der Waals surface area (Å²) in [6.45, 7) is 4.47. The van der Waals surface area contributed by atoms with E-state index in [9.17, 15) is 9.59 Å². The van der Waals surface area contributed by atoms with Crippen LogP contribution in [0.15, 0.2) is 42.5 Å². The number of rotatable bonds is 5. The van der Waals surface area contributed by atoms with Crippen LogP contribution in [0, 0.1) is 19.8 Å². The first kappa shape index (κ1) is 21.6. The first-order chi connectivity index (χ1) is 15.9. The largest absolute Gasteiger partial charge is 0.497 e. The maximum Gasteiger partial charge on any atom is 0.230 e. The predicted molar refractivity (Wildman–Crippen MR) is 130 cm³/mol. The lowest BCUT2D eigenvalue weighted by molar-refractivity contribution is -0.122. The van der Waals surface area contributed by atoms with Crippen molar-refractivity contribution in [2.24, 2.45) is 5.92 Å². The fraction of sp³-hybridized carbons (Fsp3) is 0.320. The number of carbonyl (C=O) groups is 2. The number of nitrogens with one attached hydrogen (secondary N) is 1. The third kappa shape index (κ3) is 3.99. The molecule has 170 valence electrons. The number of anilines is 2. The van der Waals surface area contributed by atoms with Crippen molar-refractivity contribution in [3.63, 3.8) is 0 Å². The average Bonchev–Trinajstić information content (AvgIpc) is 3.50. The van der Waals surface area contributed by atoms with Gasteiger partial charge in [0.15, 0.2) is 0 Å². The van der Waals surface area contributed by atoms with Crippen LogP contribution in [-0.4, -0.2) is 35.2 Å². The Balaban J connectivity index is 1.39. The summed E-state index contributed by atoms with van der Waals surface area (Å²) in [4.78, 5) is 27.7. The van der Waals surface area contributed by atoms with Gasteiger partial charge in [0.2, 0.25) is 11.8 Å². The van der Waals surface area contributed by atoms with Gasteiger partial charge < -0.3 is 15.0 Å². The van der Waals surface area contributed by atoms with Crippen LogP contribution in [0.2, 0.25) is 0 Å². The number of benzene rings is 2. The Kier molecular flexibility index (Phi) is 5.62. The second kappa shape index (κ2) is 8.59. The zero-order chi connectivity index (χ0) is 23.1. The number of hydrogen-bond acceptors (Lipinski definition) is 5. The quantitative estimate of drug-likeness (QED) is 0.614. The lowest BCUT2D eigenvalue weighted by Gasteiger charge is -2.18. The monoisotopic (exact) mass is 462 g/mol.